The van der Waals surface area contributed by atoms with Gasteiger partial charge in [-0.3, -0.25) is 0 Å². The van der Waals surface area contributed by atoms with Crippen molar-refractivity contribution < 1.29 is 23.9 Å². The third kappa shape index (κ3) is 4.63. The van der Waals surface area contributed by atoms with Crippen molar-refractivity contribution in [2.75, 3.05) is 13.2 Å². The lowest BCUT2D eigenvalue weighted by atomic mass is 10.0. The minimum atomic E-state index is -0.546. The maximum atomic E-state index is 12.8. The molecule has 8 nitrogen and oxygen atoms in total. The quantitative estimate of drug-likeness (QED) is 0.664. The second-order valence-corrected chi connectivity index (χ2v) is 7.20. The highest BCUT2D eigenvalue weighted by Crippen LogP contribution is 2.22. The maximum absolute atomic E-state index is 12.8. The molecule has 1 aliphatic heterocycles. The van der Waals surface area contributed by atoms with Gasteiger partial charge in [0, 0.05) is 17.1 Å². The molecular weight excluding hydrogens is 398 g/mol. The predicted octanol–water partition coefficient (Wildman–Crippen LogP) is 3.16. The van der Waals surface area contributed by atoms with Crippen molar-refractivity contribution in [3.05, 3.63) is 64.6 Å². The van der Waals surface area contributed by atoms with Crippen LogP contribution in [0.2, 0.25) is 0 Å². The Morgan fingerprint density at radius 2 is 1.77 bits per heavy atom. The topological polar surface area (TPSA) is 98.7 Å². The van der Waals surface area contributed by atoms with Crippen LogP contribution in [0, 0.1) is 13.8 Å². The SMILES string of the molecule is CCOC(=O)C1=C(COC(=O)c2cc(C)n(-c3ccccc3)c2C)NC(=O)NC1CC. The minimum absolute atomic E-state index is 0.200. The number of para-hydroxylation sites is 1. The van der Waals surface area contributed by atoms with Gasteiger partial charge in [-0.15, -0.1) is 0 Å². The Bertz CT molecular complexity index is 1020. The summed E-state index contributed by atoms with van der Waals surface area (Å²) in [6.45, 7) is 7.27. The van der Waals surface area contributed by atoms with Crippen molar-refractivity contribution in [2.24, 2.45) is 0 Å². The van der Waals surface area contributed by atoms with Crippen LogP contribution < -0.4 is 10.6 Å². The first kappa shape index (κ1) is 22.1. The Balaban J connectivity index is 1.85. The largest absolute Gasteiger partial charge is 0.463 e. The molecule has 0 fully saturated rings. The van der Waals surface area contributed by atoms with Gasteiger partial charge in [0.05, 0.1) is 29.5 Å². The summed E-state index contributed by atoms with van der Waals surface area (Å²) in [5.41, 5.74) is 3.51. The van der Waals surface area contributed by atoms with Gasteiger partial charge in [-0.1, -0.05) is 25.1 Å². The van der Waals surface area contributed by atoms with Gasteiger partial charge in [0.15, 0.2) is 0 Å². The first-order chi connectivity index (χ1) is 14.9. The highest BCUT2D eigenvalue weighted by atomic mass is 16.5. The molecule has 0 saturated heterocycles. The van der Waals surface area contributed by atoms with Gasteiger partial charge in [0.25, 0.3) is 0 Å². The highest BCUT2D eigenvalue weighted by Gasteiger charge is 2.32. The first-order valence-electron chi connectivity index (χ1n) is 10.3. The molecule has 1 aliphatic rings. The summed E-state index contributed by atoms with van der Waals surface area (Å²) in [5, 5.41) is 5.27. The molecule has 2 aromatic rings. The van der Waals surface area contributed by atoms with Crippen molar-refractivity contribution in [3.63, 3.8) is 0 Å². The lowest BCUT2D eigenvalue weighted by Gasteiger charge is -2.28. The molecular formula is C23H27N3O5. The fourth-order valence-corrected chi connectivity index (χ4v) is 3.73. The van der Waals surface area contributed by atoms with Crippen molar-refractivity contribution >= 4 is 18.0 Å². The molecule has 8 heteroatoms. The summed E-state index contributed by atoms with van der Waals surface area (Å²) in [6.07, 6.45) is 0.497. The number of urea groups is 1. The molecule has 0 bridgehead atoms. The van der Waals surface area contributed by atoms with Gasteiger partial charge in [0.2, 0.25) is 0 Å². The van der Waals surface area contributed by atoms with Crippen LogP contribution in [-0.4, -0.2) is 41.8 Å². The monoisotopic (exact) mass is 425 g/mol. The van der Waals surface area contributed by atoms with Crippen LogP contribution in [0.5, 0.6) is 0 Å². The van der Waals surface area contributed by atoms with E-state index in [-0.39, 0.29) is 24.5 Å². The number of nitrogens with one attached hydrogen (secondary N) is 2. The number of hydrogen-bond acceptors (Lipinski definition) is 5. The zero-order valence-electron chi connectivity index (χ0n) is 18.2. The molecule has 2 heterocycles. The molecule has 0 saturated carbocycles. The van der Waals surface area contributed by atoms with E-state index in [4.69, 9.17) is 9.47 Å². The fraction of sp³-hybridized carbons (Fsp3) is 0.348. The molecule has 1 unspecified atom stereocenters. The molecule has 1 aromatic carbocycles. The van der Waals surface area contributed by atoms with E-state index in [9.17, 15) is 14.4 Å². The molecule has 0 spiro atoms. The summed E-state index contributed by atoms with van der Waals surface area (Å²) in [4.78, 5) is 37.3. The van der Waals surface area contributed by atoms with E-state index < -0.39 is 24.0 Å². The Labute approximate surface area is 181 Å². The van der Waals surface area contributed by atoms with Gasteiger partial charge in [-0.2, -0.15) is 0 Å². The number of hydrogen-bond donors (Lipinski definition) is 2. The zero-order valence-corrected chi connectivity index (χ0v) is 18.2. The third-order valence-electron chi connectivity index (χ3n) is 5.16. The van der Waals surface area contributed by atoms with Crippen LogP contribution in [0.25, 0.3) is 5.69 Å². The Morgan fingerprint density at radius 3 is 2.42 bits per heavy atom. The molecule has 0 radical (unpaired) electrons. The Hall–Kier alpha value is -3.55. The zero-order chi connectivity index (χ0) is 22.5. The molecule has 3 rings (SSSR count). The van der Waals surface area contributed by atoms with E-state index in [0.29, 0.717) is 12.0 Å². The number of ether oxygens (including phenoxy) is 2. The number of amides is 2. The minimum Gasteiger partial charge on any atom is -0.463 e. The first-order valence-corrected chi connectivity index (χ1v) is 10.3. The molecule has 1 atom stereocenters. The summed E-state index contributed by atoms with van der Waals surface area (Å²) in [6, 6.07) is 10.5. The molecule has 0 aliphatic carbocycles. The summed E-state index contributed by atoms with van der Waals surface area (Å²) >= 11 is 0. The number of nitrogens with zero attached hydrogens (tertiary/aromatic N) is 1. The number of aromatic nitrogens is 1. The lowest BCUT2D eigenvalue weighted by Crippen LogP contribution is -2.51. The van der Waals surface area contributed by atoms with Crippen molar-refractivity contribution in [1.29, 1.82) is 0 Å². The van der Waals surface area contributed by atoms with Gasteiger partial charge in [0.1, 0.15) is 6.61 Å². The van der Waals surface area contributed by atoms with Crippen molar-refractivity contribution in [1.82, 2.24) is 15.2 Å². The molecule has 2 amide bonds. The van der Waals surface area contributed by atoms with Crippen LogP contribution in [-0.2, 0) is 14.3 Å². The van der Waals surface area contributed by atoms with E-state index in [1.54, 1.807) is 13.0 Å². The van der Waals surface area contributed by atoms with E-state index in [1.807, 2.05) is 55.7 Å². The van der Waals surface area contributed by atoms with Crippen LogP contribution in [0.15, 0.2) is 47.7 Å². The number of benzene rings is 1. The van der Waals surface area contributed by atoms with Crippen LogP contribution in [0.1, 0.15) is 42.0 Å². The van der Waals surface area contributed by atoms with Crippen molar-refractivity contribution in [3.8, 4) is 5.69 Å². The molecule has 1 aromatic heterocycles. The number of carbonyl (C=O) groups excluding carboxylic acids is 3. The van der Waals surface area contributed by atoms with Gasteiger partial charge >= 0.3 is 18.0 Å². The average molecular weight is 425 g/mol. The highest BCUT2D eigenvalue weighted by molar-refractivity contribution is 5.95. The average Bonchev–Trinajstić information content (AvgIpc) is 3.06. The van der Waals surface area contributed by atoms with Gasteiger partial charge in [-0.25, -0.2) is 14.4 Å². The number of aryl methyl sites for hydroxylation is 1. The second-order valence-electron chi connectivity index (χ2n) is 7.20. The van der Waals surface area contributed by atoms with E-state index in [1.165, 1.54) is 0 Å². The smallest absolute Gasteiger partial charge is 0.340 e. The molecule has 2 N–H and O–H groups in total. The third-order valence-corrected chi connectivity index (χ3v) is 5.16. The van der Waals surface area contributed by atoms with E-state index >= 15 is 0 Å². The summed E-state index contributed by atoms with van der Waals surface area (Å²) in [5.74, 6) is -1.08. The van der Waals surface area contributed by atoms with E-state index in [2.05, 4.69) is 10.6 Å². The normalized spacial score (nSPS) is 15.9. The van der Waals surface area contributed by atoms with E-state index in [0.717, 1.165) is 17.1 Å². The predicted molar refractivity (Wildman–Crippen MR) is 115 cm³/mol. The van der Waals surface area contributed by atoms with Crippen molar-refractivity contribution in [2.45, 2.75) is 40.2 Å². The van der Waals surface area contributed by atoms with Gasteiger partial charge < -0.3 is 24.7 Å². The molecule has 164 valence electrons. The number of esters is 2. The van der Waals surface area contributed by atoms with Crippen LogP contribution >= 0.6 is 0 Å². The van der Waals surface area contributed by atoms with Crippen LogP contribution in [0.3, 0.4) is 0 Å². The Morgan fingerprint density at radius 1 is 1.06 bits per heavy atom. The van der Waals surface area contributed by atoms with Gasteiger partial charge in [-0.05, 0) is 45.4 Å². The number of rotatable bonds is 7. The lowest BCUT2D eigenvalue weighted by molar-refractivity contribution is -0.139. The molecule has 31 heavy (non-hydrogen) atoms. The second kappa shape index (κ2) is 9.51. The summed E-state index contributed by atoms with van der Waals surface area (Å²) in [7, 11) is 0. The number of carbonyl (C=O) groups is 3. The fourth-order valence-electron chi connectivity index (χ4n) is 3.73. The maximum Gasteiger partial charge on any atom is 0.340 e. The Kier molecular flexibility index (Phi) is 6.79. The standard InChI is InChI=1S/C23H27N3O5/c1-5-18-20(22(28)30-6-2)19(25-23(29)24-18)13-31-21(27)17-12-14(3)26(15(17)4)16-10-8-7-9-11-16/h7-12,18H,5-6,13H2,1-4H3,(H2,24,25,29). The van der Waals surface area contributed by atoms with Crippen LogP contribution in [0.4, 0.5) is 4.79 Å². The summed E-state index contributed by atoms with van der Waals surface area (Å²) < 4.78 is 12.6.